The molecule has 4 nitrogen and oxygen atoms in total. The molecule has 96 valence electrons. The second-order valence-electron chi connectivity index (χ2n) is 4.23. The van der Waals surface area contributed by atoms with Gasteiger partial charge in [-0.15, -0.1) is 0 Å². The van der Waals surface area contributed by atoms with Crippen molar-refractivity contribution in [2.45, 2.75) is 33.2 Å². The number of hydrogen-bond donors (Lipinski definition) is 0. The molecule has 2 heterocycles. The molecule has 0 aliphatic heterocycles. The van der Waals surface area contributed by atoms with Crippen LogP contribution in [0.3, 0.4) is 0 Å². The molecule has 0 bridgehead atoms. The van der Waals surface area contributed by atoms with E-state index in [1.54, 1.807) is 12.5 Å². The first-order valence-electron chi connectivity index (χ1n) is 5.78. The van der Waals surface area contributed by atoms with Gasteiger partial charge in [-0.05, 0) is 36.2 Å². The number of halogens is 2. The lowest BCUT2D eigenvalue weighted by Gasteiger charge is -2.12. The number of aryl methyl sites for hydroxylation is 1. The molecular formula is C12H14BrClN4. The van der Waals surface area contributed by atoms with Crippen LogP contribution in [0.1, 0.15) is 32.5 Å². The first kappa shape index (κ1) is 13.5. The summed E-state index contributed by atoms with van der Waals surface area (Å²) in [5.41, 5.74) is 1.79. The molecule has 2 rings (SSSR count). The quantitative estimate of drug-likeness (QED) is 0.802. The molecule has 0 atom stereocenters. The van der Waals surface area contributed by atoms with E-state index in [0.29, 0.717) is 17.0 Å². The van der Waals surface area contributed by atoms with Crippen LogP contribution in [0.4, 0.5) is 0 Å². The Labute approximate surface area is 120 Å². The topological polar surface area (TPSA) is 43.6 Å². The van der Waals surface area contributed by atoms with Crippen LogP contribution >= 0.6 is 27.5 Å². The number of aromatic nitrogens is 4. The van der Waals surface area contributed by atoms with Crippen molar-refractivity contribution in [3.05, 3.63) is 27.8 Å². The Kier molecular flexibility index (Phi) is 4.02. The molecule has 0 amide bonds. The van der Waals surface area contributed by atoms with Gasteiger partial charge in [0.05, 0.1) is 22.7 Å². The van der Waals surface area contributed by atoms with Crippen molar-refractivity contribution in [2.75, 3.05) is 0 Å². The van der Waals surface area contributed by atoms with Gasteiger partial charge < -0.3 is 4.57 Å². The molecule has 2 aromatic rings. The zero-order valence-corrected chi connectivity index (χ0v) is 12.8. The average molecular weight is 330 g/mol. The minimum absolute atomic E-state index is 0.304. The first-order chi connectivity index (χ1) is 8.54. The third-order valence-corrected chi connectivity index (χ3v) is 4.00. The van der Waals surface area contributed by atoms with E-state index in [4.69, 9.17) is 11.6 Å². The van der Waals surface area contributed by atoms with Gasteiger partial charge in [-0.2, -0.15) is 0 Å². The maximum absolute atomic E-state index is 6.12. The zero-order chi connectivity index (χ0) is 13.3. The van der Waals surface area contributed by atoms with Crippen molar-refractivity contribution in [2.24, 2.45) is 0 Å². The van der Waals surface area contributed by atoms with Gasteiger partial charge in [0.2, 0.25) is 0 Å². The molecule has 0 saturated carbocycles. The van der Waals surface area contributed by atoms with E-state index < -0.39 is 0 Å². The molecule has 0 aliphatic rings. The molecule has 0 aliphatic carbocycles. The second-order valence-corrected chi connectivity index (χ2v) is 5.38. The molecule has 0 fully saturated rings. The van der Waals surface area contributed by atoms with Crippen LogP contribution in [0, 0.1) is 0 Å². The van der Waals surface area contributed by atoms with E-state index in [0.717, 1.165) is 22.3 Å². The molecule has 18 heavy (non-hydrogen) atoms. The average Bonchev–Trinajstić information content (AvgIpc) is 2.81. The Bertz CT molecular complexity index is 565. The van der Waals surface area contributed by atoms with Gasteiger partial charge in [-0.3, -0.25) is 0 Å². The molecule has 2 aromatic heterocycles. The number of rotatable bonds is 3. The van der Waals surface area contributed by atoms with E-state index in [1.807, 2.05) is 11.5 Å². The third-order valence-electron chi connectivity index (χ3n) is 2.67. The molecule has 0 aromatic carbocycles. The number of hydrogen-bond acceptors (Lipinski definition) is 3. The van der Waals surface area contributed by atoms with Crippen molar-refractivity contribution in [3.8, 4) is 11.5 Å². The largest absolute Gasteiger partial charge is 0.325 e. The summed E-state index contributed by atoms with van der Waals surface area (Å²) in [5.74, 6) is 0.617. The van der Waals surface area contributed by atoms with E-state index in [1.165, 1.54) is 0 Å². The van der Waals surface area contributed by atoms with Gasteiger partial charge in [-0.1, -0.05) is 18.5 Å². The summed E-state index contributed by atoms with van der Waals surface area (Å²) in [6, 6.07) is 0.304. The van der Waals surface area contributed by atoms with Gasteiger partial charge in [0, 0.05) is 6.04 Å². The molecule has 6 heteroatoms. The van der Waals surface area contributed by atoms with Crippen LogP contribution in [0.5, 0.6) is 0 Å². The number of imidazole rings is 1. The van der Waals surface area contributed by atoms with E-state index in [2.05, 4.69) is 44.7 Å². The van der Waals surface area contributed by atoms with Crippen LogP contribution in [0.15, 0.2) is 17.0 Å². The molecule has 0 unspecified atom stereocenters. The monoisotopic (exact) mass is 328 g/mol. The van der Waals surface area contributed by atoms with Crippen molar-refractivity contribution in [1.29, 1.82) is 0 Å². The summed E-state index contributed by atoms with van der Waals surface area (Å²) < 4.78 is 2.80. The van der Waals surface area contributed by atoms with Crippen molar-refractivity contribution in [1.82, 2.24) is 19.5 Å². The minimum atomic E-state index is 0.304. The molecule has 0 N–H and O–H groups in total. The van der Waals surface area contributed by atoms with Gasteiger partial charge in [0.15, 0.2) is 5.82 Å². The fourth-order valence-corrected chi connectivity index (χ4v) is 2.35. The Hall–Kier alpha value is -0.940. The van der Waals surface area contributed by atoms with Crippen LogP contribution in [0.2, 0.25) is 5.15 Å². The fraction of sp³-hybridized carbons (Fsp3) is 0.417. The summed E-state index contributed by atoms with van der Waals surface area (Å²) in [7, 11) is 0. The Balaban J connectivity index is 2.57. The normalized spacial score (nSPS) is 11.2. The summed E-state index contributed by atoms with van der Waals surface area (Å²) in [5, 5.41) is 0.438. The van der Waals surface area contributed by atoms with Crippen LogP contribution in [-0.4, -0.2) is 19.5 Å². The van der Waals surface area contributed by atoms with Gasteiger partial charge in [0.25, 0.3) is 0 Å². The highest BCUT2D eigenvalue weighted by atomic mass is 79.9. The lowest BCUT2D eigenvalue weighted by atomic mass is 10.3. The summed E-state index contributed by atoms with van der Waals surface area (Å²) in [4.78, 5) is 13.0. The van der Waals surface area contributed by atoms with Gasteiger partial charge in [-0.25, -0.2) is 15.0 Å². The zero-order valence-electron chi connectivity index (χ0n) is 10.5. The highest BCUT2D eigenvalue weighted by Crippen LogP contribution is 2.28. The van der Waals surface area contributed by atoms with Crippen molar-refractivity contribution >= 4 is 27.5 Å². The Morgan fingerprint density at radius 3 is 2.72 bits per heavy atom. The second kappa shape index (κ2) is 5.36. The van der Waals surface area contributed by atoms with E-state index in [-0.39, 0.29) is 0 Å². The van der Waals surface area contributed by atoms with Gasteiger partial charge in [0.1, 0.15) is 10.8 Å². The third kappa shape index (κ3) is 2.42. The minimum Gasteiger partial charge on any atom is -0.325 e. The molecule has 0 radical (unpaired) electrons. The lowest BCUT2D eigenvalue weighted by molar-refractivity contribution is 0.603. The summed E-state index contributed by atoms with van der Waals surface area (Å²) in [6.07, 6.45) is 4.34. The maximum atomic E-state index is 6.12. The maximum Gasteiger partial charge on any atom is 0.179 e. The summed E-state index contributed by atoms with van der Waals surface area (Å²) in [6.45, 7) is 6.21. The predicted molar refractivity (Wildman–Crippen MR) is 75.7 cm³/mol. The molecular weight excluding hydrogens is 316 g/mol. The summed E-state index contributed by atoms with van der Waals surface area (Å²) >= 11 is 9.52. The first-order valence-corrected chi connectivity index (χ1v) is 6.95. The molecule has 0 saturated heterocycles. The van der Waals surface area contributed by atoms with Crippen molar-refractivity contribution < 1.29 is 0 Å². The standard InChI is InChI=1S/C12H14BrClN4/c1-4-8-10(13)11(14)17-12(16-8)9-5-15-6-18(9)7(2)3/h5-7H,4H2,1-3H3. The smallest absolute Gasteiger partial charge is 0.179 e. The van der Waals surface area contributed by atoms with E-state index in [9.17, 15) is 0 Å². The van der Waals surface area contributed by atoms with Crippen molar-refractivity contribution in [3.63, 3.8) is 0 Å². The van der Waals surface area contributed by atoms with Crippen LogP contribution < -0.4 is 0 Å². The van der Waals surface area contributed by atoms with Gasteiger partial charge >= 0.3 is 0 Å². The Morgan fingerprint density at radius 1 is 1.39 bits per heavy atom. The Morgan fingerprint density at radius 2 is 2.11 bits per heavy atom. The fourth-order valence-electron chi connectivity index (χ4n) is 1.70. The number of nitrogens with zero attached hydrogens (tertiary/aromatic N) is 4. The predicted octanol–water partition coefficient (Wildman–Crippen LogP) is 3.90. The van der Waals surface area contributed by atoms with Crippen LogP contribution in [0.25, 0.3) is 11.5 Å². The van der Waals surface area contributed by atoms with E-state index >= 15 is 0 Å². The van der Waals surface area contributed by atoms with Crippen LogP contribution in [-0.2, 0) is 6.42 Å². The highest BCUT2D eigenvalue weighted by Gasteiger charge is 2.15. The highest BCUT2D eigenvalue weighted by molar-refractivity contribution is 9.10. The molecule has 0 spiro atoms. The lowest BCUT2D eigenvalue weighted by Crippen LogP contribution is -2.05. The SMILES string of the molecule is CCc1nc(-c2cncn2C(C)C)nc(Cl)c1Br.